The van der Waals surface area contributed by atoms with Crippen molar-refractivity contribution in [3.05, 3.63) is 23.8 Å². The summed E-state index contributed by atoms with van der Waals surface area (Å²) in [6.45, 7) is 7.01. The molecular weight excluding hydrogens is 433 g/mol. The van der Waals surface area contributed by atoms with E-state index in [1.165, 1.54) is 38.2 Å². The number of morpholine rings is 1. The van der Waals surface area contributed by atoms with Crippen molar-refractivity contribution in [1.82, 2.24) is 9.80 Å². The first-order valence-electron chi connectivity index (χ1n) is 12.2. The Morgan fingerprint density at radius 3 is 2.30 bits per heavy atom. The molecule has 4 rings (SSSR count). The minimum atomic E-state index is -4.46. The lowest BCUT2D eigenvalue weighted by atomic mass is 9.89. The van der Waals surface area contributed by atoms with Crippen LogP contribution in [0.2, 0.25) is 0 Å². The van der Waals surface area contributed by atoms with Crippen LogP contribution in [0.1, 0.15) is 37.7 Å². The van der Waals surface area contributed by atoms with Crippen LogP contribution in [0.5, 0.6) is 0 Å². The molecule has 3 fully saturated rings. The Hall–Kier alpha value is -1.84. The van der Waals surface area contributed by atoms with E-state index in [9.17, 15) is 18.0 Å². The Kier molecular flexibility index (Phi) is 8.14. The molecule has 2 heterocycles. The average molecular weight is 469 g/mol. The second kappa shape index (κ2) is 11.1. The second-order valence-electron chi connectivity index (χ2n) is 9.46. The highest BCUT2D eigenvalue weighted by atomic mass is 19.4. The number of hydrogen-bond acceptors (Lipinski definition) is 5. The summed E-state index contributed by atoms with van der Waals surface area (Å²) in [6, 6.07) is 3.57. The largest absolute Gasteiger partial charge is 0.416 e. The number of carbonyl (C=O) groups is 1. The number of carbonyl (C=O) groups excluding carboxylic acids is 1. The van der Waals surface area contributed by atoms with Gasteiger partial charge in [-0.15, -0.1) is 0 Å². The van der Waals surface area contributed by atoms with E-state index in [1.54, 1.807) is 0 Å². The minimum Gasteiger partial charge on any atom is -0.378 e. The number of ether oxygens (including phenoxy) is 1. The third-order valence-electron chi connectivity index (χ3n) is 7.02. The van der Waals surface area contributed by atoms with Gasteiger partial charge in [0.05, 0.1) is 36.7 Å². The predicted octanol–water partition coefficient (Wildman–Crippen LogP) is 3.68. The van der Waals surface area contributed by atoms with Gasteiger partial charge < -0.3 is 19.9 Å². The number of rotatable bonds is 6. The number of hydrogen-bond donors (Lipinski definition) is 1. The number of anilines is 2. The molecule has 0 aromatic heterocycles. The van der Waals surface area contributed by atoms with Gasteiger partial charge in [-0.1, -0.05) is 19.3 Å². The normalized spacial score (nSPS) is 21.8. The molecule has 9 heteroatoms. The van der Waals surface area contributed by atoms with Gasteiger partial charge in [0.1, 0.15) is 0 Å². The third-order valence-corrected chi connectivity index (χ3v) is 7.02. The van der Waals surface area contributed by atoms with Gasteiger partial charge in [-0.3, -0.25) is 9.69 Å². The quantitative estimate of drug-likeness (QED) is 0.690. The Morgan fingerprint density at radius 1 is 0.970 bits per heavy atom. The van der Waals surface area contributed by atoms with Crippen molar-refractivity contribution in [3.8, 4) is 0 Å². The molecule has 1 aromatic carbocycles. The standard InChI is InChI=1S/C24H35F3N4O2/c25-24(26,27)20-6-7-22(31-12-14-33-15-13-31)21(16-20)28-23(32)18-30-10-8-29(9-11-30)17-19-4-2-1-3-5-19/h6-7,16,19H,1-5,8-15,17-18H2,(H,28,32). The topological polar surface area (TPSA) is 48.1 Å². The molecule has 6 nitrogen and oxygen atoms in total. The summed E-state index contributed by atoms with van der Waals surface area (Å²) in [7, 11) is 0. The number of nitrogens with one attached hydrogen (secondary N) is 1. The second-order valence-corrected chi connectivity index (χ2v) is 9.46. The highest BCUT2D eigenvalue weighted by Gasteiger charge is 2.32. The zero-order valence-corrected chi connectivity index (χ0v) is 19.2. The summed E-state index contributed by atoms with van der Waals surface area (Å²) < 4.78 is 45.2. The zero-order valence-electron chi connectivity index (χ0n) is 19.2. The first kappa shape index (κ1) is 24.3. The van der Waals surface area contributed by atoms with Crippen LogP contribution < -0.4 is 10.2 Å². The number of nitrogens with zero attached hydrogens (tertiary/aromatic N) is 3. The summed E-state index contributed by atoms with van der Waals surface area (Å²) in [5, 5.41) is 2.77. The van der Waals surface area contributed by atoms with E-state index in [0.717, 1.165) is 50.8 Å². The van der Waals surface area contributed by atoms with Crippen LogP contribution in [-0.2, 0) is 15.7 Å². The van der Waals surface area contributed by atoms with Gasteiger partial charge in [0, 0.05) is 45.8 Å². The maximum Gasteiger partial charge on any atom is 0.416 e. The van der Waals surface area contributed by atoms with E-state index in [0.29, 0.717) is 32.0 Å². The van der Waals surface area contributed by atoms with Gasteiger partial charge in [0.25, 0.3) is 0 Å². The number of amides is 1. The van der Waals surface area contributed by atoms with Gasteiger partial charge in [0.2, 0.25) is 5.91 Å². The third kappa shape index (κ3) is 6.83. The first-order valence-corrected chi connectivity index (χ1v) is 12.2. The number of benzene rings is 1. The van der Waals surface area contributed by atoms with E-state index in [2.05, 4.69) is 15.1 Å². The Labute approximate surface area is 194 Å². The summed E-state index contributed by atoms with van der Waals surface area (Å²) >= 11 is 0. The molecule has 0 bridgehead atoms. The molecule has 33 heavy (non-hydrogen) atoms. The van der Waals surface area contributed by atoms with Crippen LogP contribution >= 0.6 is 0 Å². The van der Waals surface area contributed by atoms with Crippen molar-refractivity contribution in [2.75, 3.05) is 75.8 Å². The lowest BCUT2D eigenvalue weighted by Crippen LogP contribution is -2.49. The van der Waals surface area contributed by atoms with Crippen molar-refractivity contribution >= 4 is 17.3 Å². The summed E-state index contributed by atoms with van der Waals surface area (Å²) in [6.07, 6.45) is 2.23. The average Bonchev–Trinajstić information content (AvgIpc) is 2.81. The molecule has 0 atom stereocenters. The van der Waals surface area contributed by atoms with Gasteiger partial charge in [0.15, 0.2) is 0 Å². The fourth-order valence-corrected chi connectivity index (χ4v) is 5.15. The zero-order chi connectivity index (χ0) is 23.3. The van der Waals surface area contributed by atoms with Gasteiger partial charge in [-0.25, -0.2) is 0 Å². The van der Waals surface area contributed by atoms with Gasteiger partial charge in [-0.05, 0) is 37.0 Å². The summed E-state index contributed by atoms with van der Waals surface area (Å²) in [5.41, 5.74) is 0.0655. The number of halogens is 3. The number of alkyl halides is 3. The SMILES string of the molecule is O=C(CN1CCN(CC2CCCCC2)CC1)Nc1cc(C(F)(F)F)ccc1N1CCOCC1. The molecule has 1 aromatic rings. The smallest absolute Gasteiger partial charge is 0.378 e. The Balaban J connectivity index is 1.33. The van der Waals surface area contributed by atoms with E-state index >= 15 is 0 Å². The fraction of sp³-hybridized carbons (Fsp3) is 0.708. The molecule has 1 amide bonds. The Bertz CT molecular complexity index is 784. The summed E-state index contributed by atoms with van der Waals surface area (Å²) in [5.74, 6) is 0.526. The van der Waals surface area contributed by atoms with Crippen molar-refractivity contribution < 1.29 is 22.7 Å². The van der Waals surface area contributed by atoms with Crippen LogP contribution in [0.25, 0.3) is 0 Å². The predicted molar refractivity (Wildman–Crippen MR) is 123 cm³/mol. The van der Waals surface area contributed by atoms with Crippen molar-refractivity contribution in [2.45, 2.75) is 38.3 Å². The molecule has 0 radical (unpaired) electrons. The van der Waals surface area contributed by atoms with E-state index in [-0.39, 0.29) is 18.1 Å². The van der Waals surface area contributed by atoms with Gasteiger partial charge in [-0.2, -0.15) is 13.2 Å². The lowest BCUT2D eigenvalue weighted by molar-refractivity contribution is -0.137. The van der Waals surface area contributed by atoms with Crippen molar-refractivity contribution in [2.24, 2.45) is 5.92 Å². The Morgan fingerprint density at radius 2 is 1.64 bits per heavy atom. The van der Waals surface area contributed by atoms with Crippen LogP contribution in [-0.4, -0.2) is 81.3 Å². The summed E-state index contributed by atoms with van der Waals surface area (Å²) in [4.78, 5) is 19.3. The molecule has 0 unspecified atom stereocenters. The fourth-order valence-electron chi connectivity index (χ4n) is 5.15. The lowest BCUT2D eigenvalue weighted by Gasteiger charge is -2.37. The first-order chi connectivity index (χ1) is 15.9. The van der Waals surface area contributed by atoms with Gasteiger partial charge >= 0.3 is 6.18 Å². The molecule has 2 aliphatic heterocycles. The maximum atomic E-state index is 13.3. The highest BCUT2D eigenvalue weighted by molar-refractivity contribution is 5.95. The molecule has 1 saturated carbocycles. The van der Waals surface area contributed by atoms with Crippen molar-refractivity contribution in [1.29, 1.82) is 0 Å². The van der Waals surface area contributed by atoms with E-state index < -0.39 is 11.7 Å². The van der Waals surface area contributed by atoms with Crippen molar-refractivity contribution in [3.63, 3.8) is 0 Å². The highest BCUT2D eigenvalue weighted by Crippen LogP contribution is 2.35. The van der Waals surface area contributed by atoms with Crippen LogP contribution in [0, 0.1) is 5.92 Å². The number of piperazine rings is 1. The van der Waals surface area contributed by atoms with Crippen LogP contribution in [0.15, 0.2) is 18.2 Å². The molecule has 184 valence electrons. The van der Waals surface area contributed by atoms with E-state index in [4.69, 9.17) is 4.74 Å². The molecule has 0 spiro atoms. The van der Waals surface area contributed by atoms with Crippen LogP contribution in [0.3, 0.4) is 0 Å². The molecule has 2 saturated heterocycles. The van der Waals surface area contributed by atoms with E-state index in [1.807, 2.05) is 4.90 Å². The monoisotopic (exact) mass is 468 g/mol. The molecule has 1 aliphatic carbocycles. The van der Waals surface area contributed by atoms with Crippen LogP contribution in [0.4, 0.5) is 24.5 Å². The molecular formula is C24H35F3N4O2. The molecule has 1 N–H and O–H groups in total. The molecule has 3 aliphatic rings. The maximum absolute atomic E-state index is 13.3. The minimum absolute atomic E-state index is 0.191.